The average molecular weight is 378 g/mol. The molecule has 27 heavy (non-hydrogen) atoms. The van der Waals surface area contributed by atoms with Crippen LogP contribution in [0.2, 0.25) is 0 Å². The zero-order valence-electron chi connectivity index (χ0n) is 17.4. The van der Waals surface area contributed by atoms with Gasteiger partial charge in [-0.3, -0.25) is 4.79 Å². The third-order valence-corrected chi connectivity index (χ3v) is 4.20. The maximum atomic E-state index is 12.8. The van der Waals surface area contributed by atoms with Crippen molar-refractivity contribution in [3.05, 3.63) is 35.9 Å². The van der Waals surface area contributed by atoms with Crippen molar-refractivity contribution in [2.45, 2.75) is 84.3 Å². The molecule has 1 aromatic carbocycles. The van der Waals surface area contributed by atoms with E-state index < -0.39 is 17.6 Å². The fraction of sp³-hybridized carbons (Fsp3) is 0.636. The van der Waals surface area contributed by atoms with E-state index in [2.05, 4.69) is 12.2 Å². The zero-order chi connectivity index (χ0) is 20.3. The summed E-state index contributed by atoms with van der Waals surface area (Å²) >= 11 is 0. The Kier molecular flexibility index (Phi) is 9.90. The number of carbonyl (C=O) groups is 2. The number of hydrogen-bond donors (Lipinski definition) is 1. The minimum atomic E-state index is -0.584. The molecule has 0 saturated heterocycles. The SMILES string of the molecule is CCCCCC(CC)OC(=O)C(CNC(=O)OC(C)(C)C)c1ccccc1. The van der Waals surface area contributed by atoms with Gasteiger partial charge in [-0.1, -0.05) is 57.0 Å². The highest BCUT2D eigenvalue weighted by molar-refractivity contribution is 5.79. The molecule has 0 aromatic heterocycles. The van der Waals surface area contributed by atoms with Gasteiger partial charge in [-0.25, -0.2) is 4.79 Å². The van der Waals surface area contributed by atoms with Crippen molar-refractivity contribution in [1.29, 1.82) is 0 Å². The normalized spacial score (nSPS) is 13.5. The second kappa shape index (κ2) is 11.6. The predicted octanol–water partition coefficient (Wildman–Crippen LogP) is 5.20. The Morgan fingerprint density at radius 3 is 2.30 bits per heavy atom. The molecule has 0 heterocycles. The van der Waals surface area contributed by atoms with Crippen LogP contribution >= 0.6 is 0 Å². The van der Waals surface area contributed by atoms with E-state index in [0.717, 1.165) is 37.7 Å². The number of unbranched alkanes of at least 4 members (excludes halogenated alkanes) is 2. The van der Waals surface area contributed by atoms with Crippen LogP contribution in [0.1, 0.15) is 78.2 Å². The van der Waals surface area contributed by atoms with Gasteiger partial charge in [-0.05, 0) is 45.6 Å². The van der Waals surface area contributed by atoms with Gasteiger partial charge in [0.1, 0.15) is 11.7 Å². The quantitative estimate of drug-likeness (QED) is 0.450. The van der Waals surface area contributed by atoms with Gasteiger partial charge in [-0.2, -0.15) is 0 Å². The molecule has 2 unspecified atom stereocenters. The smallest absolute Gasteiger partial charge is 0.407 e. The van der Waals surface area contributed by atoms with Gasteiger partial charge >= 0.3 is 12.1 Å². The summed E-state index contributed by atoms with van der Waals surface area (Å²) in [6.45, 7) is 9.73. The Balaban J connectivity index is 2.76. The van der Waals surface area contributed by atoms with Gasteiger partial charge in [0.15, 0.2) is 0 Å². The highest BCUT2D eigenvalue weighted by Crippen LogP contribution is 2.20. The largest absolute Gasteiger partial charge is 0.462 e. The lowest BCUT2D eigenvalue weighted by Gasteiger charge is -2.23. The van der Waals surface area contributed by atoms with Crippen LogP contribution in [-0.2, 0) is 14.3 Å². The number of esters is 1. The van der Waals surface area contributed by atoms with Crippen LogP contribution in [0.3, 0.4) is 0 Å². The number of alkyl carbamates (subject to hydrolysis) is 1. The van der Waals surface area contributed by atoms with Crippen LogP contribution in [0, 0.1) is 0 Å². The number of benzene rings is 1. The van der Waals surface area contributed by atoms with Crippen LogP contribution in [0.25, 0.3) is 0 Å². The lowest BCUT2D eigenvalue weighted by molar-refractivity contribution is -0.151. The summed E-state index contributed by atoms with van der Waals surface area (Å²) in [6.07, 6.45) is 4.36. The van der Waals surface area contributed by atoms with E-state index in [9.17, 15) is 9.59 Å². The van der Waals surface area contributed by atoms with Gasteiger partial charge in [0.2, 0.25) is 0 Å². The molecular formula is C22H35NO4. The second-order valence-corrected chi connectivity index (χ2v) is 7.81. The molecule has 1 aromatic rings. The number of amides is 1. The minimum Gasteiger partial charge on any atom is -0.462 e. The summed E-state index contributed by atoms with van der Waals surface area (Å²) in [7, 11) is 0. The molecule has 0 saturated carbocycles. The van der Waals surface area contributed by atoms with Crippen molar-refractivity contribution < 1.29 is 19.1 Å². The molecule has 5 heteroatoms. The molecule has 1 N–H and O–H groups in total. The molecule has 0 aliphatic rings. The van der Waals surface area contributed by atoms with Crippen molar-refractivity contribution in [2.75, 3.05) is 6.54 Å². The fourth-order valence-corrected chi connectivity index (χ4v) is 2.74. The van der Waals surface area contributed by atoms with Crippen LogP contribution in [0.5, 0.6) is 0 Å². The number of ether oxygens (including phenoxy) is 2. The summed E-state index contributed by atoms with van der Waals surface area (Å²) in [5.41, 5.74) is 0.237. The van der Waals surface area contributed by atoms with E-state index in [1.807, 2.05) is 37.3 Å². The molecule has 0 fully saturated rings. The van der Waals surface area contributed by atoms with Crippen molar-refractivity contribution in [3.63, 3.8) is 0 Å². The molecule has 5 nitrogen and oxygen atoms in total. The Labute approximate surface area is 163 Å². The minimum absolute atomic E-state index is 0.0863. The number of nitrogens with one attached hydrogen (secondary N) is 1. The summed E-state index contributed by atoms with van der Waals surface area (Å²) in [4.78, 5) is 24.8. The molecule has 1 amide bonds. The van der Waals surface area contributed by atoms with Crippen molar-refractivity contribution in [2.24, 2.45) is 0 Å². The first kappa shape index (κ1) is 23.0. The summed E-state index contributed by atoms with van der Waals surface area (Å²) in [6, 6.07) is 9.40. The number of hydrogen-bond acceptors (Lipinski definition) is 4. The lowest BCUT2D eigenvalue weighted by atomic mass is 9.99. The molecule has 0 spiro atoms. The third-order valence-electron chi connectivity index (χ3n) is 4.20. The molecule has 152 valence electrons. The van der Waals surface area contributed by atoms with Crippen LogP contribution in [-0.4, -0.2) is 30.3 Å². The topological polar surface area (TPSA) is 64.6 Å². The Bertz CT molecular complexity index is 565. The summed E-state index contributed by atoms with van der Waals surface area (Å²) < 4.78 is 11.0. The van der Waals surface area contributed by atoms with Gasteiger partial charge in [0.25, 0.3) is 0 Å². The molecule has 0 aliphatic carbocycles. The average Bonchev–Trinajstić information content (AvgIpc) is 2.60. The monoisotopic (exact) mass is 377 g/mol. The van der Waals surface area contributed by atoms with E-state index in [1.165, 1.54) is 0 Å². The van der Waals surface area contributed by atoms with Gasteiger partial charge < -0.3 is 14.8 Å². The molecule has 0 radical (unpaired) electrons. The van der Waals surface area contributed by atoms with Gasteiger partial charge in [0.05, 0.1) is 5.92 Å². The Hall–Kier alpha value is -2.04. The van der Waals surface area contributed by atoms with Crippen molar-refractivity contribution in [1.82, 2.24) is 5.32 Å². The van der Waals surface area contributed by atoms with Crippen molar-refractivity contribution in [3.8, 4) is 0 Å². The number of rotatable bonds is 10. The van der Waals surface area contributed by atoms with E-state index in [1.54, 1.807) is 20.8 Å². The van der Waals surface area contributed by atoms with E-state index in [4.69, 9.17) is 9.47 Å². The standard InChI is InChI=1S/C22H35NO4/c1-6-8-10-15-18(7-2)26-20(24)19(17-13-11-9-12-14-17)16-23-21(25)27-22(3,4)5/h9,11-14,18-19H,6-8,10,15-16H2,1-5H3,(H,23,25). The lowest BCUT2D eigenvalue weighted by Crippen LogP contribution is -2.37. The Morgan fingerprint density at radius 1 is 1.07 bits per heavy atom. The van der Waals surface area contributed by atoms with Crippen LogP contribution in [0.15, 0.2) is 30.3 Å². The van der Waals surface area contributed by atoms with Crippen molar-refractivity contribution >= 4 is 12.1 Å². The van der Waals surface area contributed by atoms with E-state index >= 15 is 0 Å². The zero-order valence-corrected chi connectivity index (χ0v) is 17.4. The summed E-state index contributed by atoms with van der Waals surface area (Å²) in [5, 5.41) is 2.70. The first-order valence-corrected chi connectivity index (χ1v) is 9.99. The molecule has 0 aliphatic heterocycles. The second-order valence-electron chi connectivity index (χ2n) is 7.81. The summed E-state index contributed by atoms with van der Waals surface area (Å²) in [5.74, 6) is -0.862. The molecule has 0 bridgehead atoms. The Morgan fingerprint density at radius 2 is 1.74 bits per heavy atom. The van der Waals surface area contributed by atoms with Gasteiger partial charge in [-0.15, -0.1) is 0 Å². The predicted molar refractivity (Wildman–Crippen MR) is 108 cm³/mol. The maximum Gasteiger partial charge on any atom is 0.407 e. The first-order chi connectivity index (χ1) is 12.8. The van der Waals surface area contributed by atoms with Gasteiger partial charge in [0, 0.05) is 6.54 Å². The highest BCUT2D eigenvalue weighted by atomic mass is 16.6. The number of carbonyl (C=O) groups excluding carboxylic acids is 2. The molecular weight excluding hydrogens is 342 g/mol. The first-order valence-electron chi connectivity index (χ1n) is 9.99. The third kappa shape index (κ3) is 9.45. The van der Waals surface area contributed by atoms with Crippen LogP contribution < -0.4 is 5.32 Å². The molecule has 1 rings (SSSR count). The van der Waals surface area contributed by atoms with E-state index in [0.29, 0.717) is 0 Å². The molecule has 2 atom stereocenters. The maximum absolute atomic E-state index is 12.8. The van der Waals surface area contributed by atoms with E-state index in [-0.39, 0.29) is 18.6 Å². The van der Waals surface area contributed by atoms with Crippen LogP contribution in [0.4, 0.5) is 4.79 Å². The fourth-order valence-electron chi connectivity index (χ4n) is 2.74. The highest BCUT2D eigenvalue weighted by Gasteiger charge is 2.26.